The minimum atomic E-state index is -0.267. The first-order valence-electron chi connectivity index (χ1n) is 3.50. The first kappa shape index (κ1) is 8.10. The van der Waals surface area contributed by atoms with Crippen LogP contribution in [-0.4, -0.2) is 16.0 Å². The van der Waals surface area contributed by atoms with E-state index in [1.54, 1.807) is 18.5 Å². The van der Waals surface area contributed by atoms with Crippen LogP contribution in [0.15, 0.2) is 18.5 Å². The molecule has 4 nitrogen and oxygen atoms in total. The molecule has 60 valence electrons. The van der Waals surface area contributed by atoms with Crippen LogP contribution in [0.25, 0.3) is 0 Å². The molecule has 0 aliphatic carbocycles. The van der Waals surface area contributed by atoms with E-state index in [-0.39, 0.29) is 12.1 Å². The van der Waals surface area contributed by atoms with Gasteiger partial charge in [-0.2, -0.15) is 0 Å². The van der Waals surface area contributed by atoms with Crippen molar-refractivity contribution in [2.75, 3.05) is 0 Å². The van der Waals surface area contributed by atoms with Crippen LogP contribution in [0.3, 0.4) is 0 Å². The van der Waals surface area contributed by atoms with Crippen LogP contribution in [0.2, 0.25) is 0 Å². The summed E-state index contributed by atoms with van der Waals surface area (Å²) < 4.78 is 0. The lowest BCUT2D eigenvalue weighted by molar-refractivity contribution is 0.558. The second-order valence-corrected chi connectivity index (χ2v) is 2.49. The van der Waals surface area contributed by atoms with Crippen LogP contribution in [0, 0.1) is 0 Å². The molecule has 1 aromatic rings. The monoisotopic (exact) mass is 152 g/mol. The molecule has 0 bridgehead atoms. The topological polar surface area (TPSA) is 77.8 Å². The molecule has 1 heterocycles. The summed E-state index contributed by atoms with van der Waals surface area (Å²) >= 11 is 0. The molecule has 0 fully saturated rings. The van der Waals surface area contributed by atoms with Gasteiger partial charge in [-0.25, -0.2) is 9.97 Å². The van der Waals surface area contributed by atoms with Crippen molar-refractivity contribution in [3.8, 4) is 0 Å². The summed E-state index contributed by atoms with van der Waals surface area (Å²) in [7, 11) is 0. The van der Waals surface area contributed by atoms with Gasteiger partial charge in [0.2, 0.25) is 0 Å². The van der Waals surface area contributed by atoms with Gasteiger partial charge in [0, 0.05) is 18.4 Å². The van der Waals surface area contributed by atoms with E-state index in [1.165, 1.54) is 0 Å². The van der Waals surface area contributed by atoms with Gasteiger partial charge in [0.25, 0.3) is 0 Å². The van der Waals surface area contributed by atoms with Gasteiger partial charge in [-0.05, 0) is 13.0 Å². The van der Waals surface area contributed by atoms with E-state index in [4.69, 9.17) is 11.5 Å². The highest BCUT2D eigenvalue weighted by Crippen LogP contribution is 2.04. The molecular formula is C7H12N4. The number of nitrogens with two attached hydrogens (primary N) is 2. The number of aromatic nitrogens is 2. The van der Waals surface area contributed by atoms with E-state index in [0.29, 0.717) is 5.82 Å². The predicted molar refractivity (Wildman–Crippen MR) is 42.6 cm³/mol. The lowest BCUT2D eigenvalue weighted by Gasteiger charge is -2.12. The Morgan fingerprint density at radius 1 is 1.27 bits per heavy atom. The number of hydrogen-bond acceptors (Lipinski definition) is 4. The SMILES string of the molecule is CC(N)C(N)c1ncccn1. The molecule has 11 heavy (non-hydrogen) atoms. The summed E-state index contributed by atoms with van der Waals surface area (Å²) in [5, 5.41) is 0. The van der Waals surface area contributed by atoms with E-state index in [2.05, 4.69) is 9.97 Å². The zero-order valence-electron chi connectivity index (χ0n) is 6.44. The first-order valence-corrected chi connectivity index (χ1v) is 3.50. The first-order chi connectivity index (χ1) is 5.22. The molecule has 0 saturated carbocycles. The lowest BCUT2D eigenvalue weighted by atomic mass is 10.1. The van der Waals surface area contributed by atoms with Crippen molar-refractivity contribution in [2.24, 2.45) is 11.5 Å². The second kappa shape index (κ2) is 3.41. The molecule has 0 radical (unpaired) electrons. The van der Waals surface area contributed by atoms with Crippen LogP contribution >= 0.6 is 0 Å². The van der Waals surface area contributed by atoms with Gasteiger partial charge in [0.15, 0.2) is 0 Å². The third-order valence-corrected chi connectivity index (χ3v) is 1.45. The van der Waals surface area contributed by atoms with Gasteiger partial charge in [-0.3, -0.25) is 0 Å². The minimum absolute atomic E-state index is 0.114. The van der Waals surface area contributed by atoms with Crippen molar-refractivity contribution in [2.45, 2.75) is 19.0 Å². The Kier molecular flexibility index (Phi) is 2.51. The number of hydrogen-bond donors (Lipinski definition) is 2. The highest BCUT2D eigenvalue weighted by Gasteiger charge is 2.12. The van der Waals surface area contributed by atoms with Crippen LogP contribution < -0.4 is 11.5 Å². The molecule has 0 saturated heterocycles. The van der Waals surface area contributed by atoms with Crippen LogP contribution in [0.1, 0.15) is 18.8 Å². The van der Waals surface area contributed by atoms with Crippen molar-refractivity contribution >= 4 is 0 Å². The molecule has 0 aliphatic heterocycles. The van der Waals surface area contributed by atoms with Crippen molar-refractivity contribution in [1.29, 1.82) is 0 Å². The second-order valence-electron chi connectivity index (χ2n) is 2.49. The fraction of sp³-hybridized carbons (Fsp3) is 0.429. The fourth-order valence-corrected chi connectivity index (χ4v) is 0.718. The van der Waals surface area contributed by atoms with Crippen molar-refractivity contribution < 1.29 is 0 Å². The zero-order valence-corrected chi connectivity index (χ0v) is 6.44. The zero-order chi connectivity index (χ0) is 8.27. The molecule has 4 heteroatoms. The molecule has 2 unspecified atom stereocenters. The van der Waals surface area contributed by atoms with Gasteiger partial charge in [-0.15, -0.1) is 0 Å². The standard InChI is InChI=1S/C7H12N4/c1-5(8)6(9)7-10-3-2-4-11-7/h2-6H,8-9H2,1H3. The maximum absolute atomic E-state index is 5.69. The molecule has 2 atom stereocenters. The Hall–Kier alpha value is -1.00. The molecule has 0 amide bonds. The maximum atomic E-state index is 5.69. The summed E-state index contributed by atoms with van der Waals surface area (Å²) in [6, 6.07) is 1.37. The third kappa shape index (κ3) is 1.96. The average Bonchev–Trinajstić information content (AvgIpc) is 2.05. The highest BCUT2D eigenvalue weighted by molar-refractivity contribution is 4.97. The van der Waals surface area contributed by atoms with E-state index in [0.717, 1.165) is 0 Å². The Morgan fingerprint density at radius 2 is 1.82 bits per heavy atom. The largest absolute Gasteiger partial charge is 0.326 e. The number of rotatable bonds is 2. The average molecular weight is 152 g/mol. The van der Waals surface area contributed by atoms with Crippen LogP contribution in [-0.2, 0) is 0 Å². The normalized spacial score (nSPS) is 15.9. The van der Waals surface area contributed by atoms with Gasteiger partial charge in [0.1, 0.15) is 5.82 Å². The number of nitrogens with zero attached hydrogens (tertiary/aromatic N) is 2. The quantitative estimate of drug-likeness (QED) is 0.616. The van der Waals surface area contributed by atoms with Gasteiger partial charge >= 0.3 is 0 Å². The summed E-state index contributed by atoms with van der Waals surface area (Å²) in [5.74, 6) is 0.600. The van der Waals surface area contributed by atoms with E-state index in [9.17, 15) is 0 Å². The van der Waals surface area contributed by atoms with Crippen molar-refractivity contribution in [1.82, 2.24) is 9.97 Å². The summed E-state index contributed by atoms with van der Waals surface area (Å²) in [6.07, 6.45) is 3.31. The predicted octanol–water partition coefficient (Wildman–Crippen LogP) is -0.176. The van der Waals surface area contributed by atoms with E-state index >= 15 is 0 Å². The molecular weight excluding hydrogens is 140 g/mol. The summed E-state index contributed by atoms with van der Waals surface area (Å²) in [4.78, 5) is 7.97. The Bertz CT molecular complexity index is 209. The van der Waals surface area contributed by atoms with Gasteiger partial charge < -0.3 is 11.5 Å². The molecule has 1 aromatic heterocycles. The van der Waals surface area contributed by atoms with E-state index < -0.39 is 0 Å². The summed E-state index contributed by atoms with van der Waals surface area (Å²) in [5.41, 5.74) is 11.3. The molecule has 0 spiro atoms. The lowest BCUT2D eigenvalue weighted by Crippen LogP contribution is -2.32. The third-order valence-electron chi connectivity index (χ3n) is 1.45. The smallest absolute Gasteiger partial charge is 0.146 e. The van der Waals surface area contributed by atoms with Gasteiger partial charge in [-0.1, -0.05) is 0 Å². The van der Waals surface area contributed by atoms with Crippen molar-refractivity contribution in [3.63, 3.8) is 0 Å². The Labute approximate surface area is 65.6 Å². The minimum Gasteiger partial charge on any atom is -0.326 e. The van der Waals surface area contributed by atoms with Crippen LogP contribution in [0.4, 0.5) is 0 Å². The van der Waals surface area contributed by atoms with Gasteiger partial charge in [0.05, 0.1) is 6.04 Å². The molecule has 0 aliphatic rings. The van der Waals surface area contributed by atoms with Crippen molar-refractivity contribution in [3.05, 3.63) is 24.3 Å². The highest BCUT2D eigenvalue weighted by atomic mass is 14.9. The maximum Gasteiger partial charge on any atom is 0.146 e. The molecule has 0 aromatic carbocycles. The fourth-order valence-electron chi connectivity index (χ4n) is 0.718. The molecule has 4 N–H and O–H groups in total. The Balaban J connectivity index is 2.77. The summed E-state index contributed by atoms with van der Waals surface area (Å²) in [6.45, 7) is 1.83. The Morgan fingerprint density at radius 3 is 2.27 bits per heavy atom. The van der Waals surface area contributed by atoms with Crippen LogP contribution in [0.5, 0.6) is 0 Å². The molecule has 1 rings (SSSR count). The van der Waals surface area contributed by atoms with E-state index in [1.807, 2.05) is 6.92 Å².